The molecule has 0 amide bonds. The van der Waals surface area contributed by atoms with Crippen LogP contribution in [0.25, 0.3) is 0 Å². The molecule has 2 rings (SSSR count). The zero-order valence-corrected chi connectivity index (χ0v) is 12.4. The van der Waals surface area contributed by atoms with Gasteiger partial charge in [-0.15, -0.1) is 0 Å². The van der Waals surface area contributed by atoms with Gasteiger partial charge in [0.05, 0.1) is 12.3 Å². The van der Waals surface area contributed by atoms with Gasteiger partial charge in [0.25, 0.3) is 5.76 Å². The fraction of sp³-hybridized carbons (Fsp3) is 0.286. The molecule has 1 aromatic carbocycles. The third-order valence-electron chi connectivity index (χ3n) is 2.71. The smallest absolute Gasteiger partial charge is 0.284 e. The van der Waals surface area contributed by atoms with Gasteiger partial charge < -0.3 is 9.73 Å². The topological polar surface area (TPSA) is 25.2 Å². The van der Waals surface area contributed by atoms with E-state index in [1.807, 2.05) is 25.1 Å². The molecule has 0 aliphatic carbocycles. The first-order valence-electron chi connectivity index (χ1n) is 6.02. The van der Waals surface area contributed by atoms with Gasteiger partial charge in [0, 0.05) is 10.7 Å². The Morgan fingerprint density at radius 3 is 2.70 bits per heavy atom. The van der Waals surface area contributed by atoms with Crippen molar-refractivity contribution in [3.8, 4) is 0 Å². The number of nitrogens with one attached hydrogen (secondary N) is 1. The second-order valence-corrected chi connectivity index (χ2v) is 5.67. The van der Waals surface area contributed by atoms with Crippen LogP contribution in [0.1, 0.15) is 17.1 Å². The number of halogens is 3. The minimum Gasteiger partial charge on any atom is -0.463 e. The number of hydrogen-bond donors (Lipinski definition) is 1. The molecule has 0 spiro atoms. The summed E-state index contributed by atoms with van der Waals surface area (Å²) in [5, 5.41) is 3.92. The van der Waals surface area contributed by atoms with E-state index in [2.05, 4.69) is 5.32 Å². The lowest BCUT2D eigenvalue weighted by atomic mass is 10.2. The molecular formula is C14H14ClF2NOS. The Morgan fingerprint density at radius 2 is 2.00 bits per heavy atom. The maximum absolute atomic E-state index is 12.1. The van der Waals surface area contributed by atoms with Gasteiger partial charge in [0.1, 0.15) is 11.5 Å². The molecular weight excluding hydrogens is 304 g/mol. The van der Waals surface area contributed by atoms with E-state index in [0.717, 1.165) is 11.3 Å². The van der Waals surface area contributed by atoms with Crippen molar-refractivity contribution in [2.45, 2.75) is 25.0 Å². The Kier molecular flexibility index (Phi) is 5.31. The second-order valence-electron chi connectivity index (χ2n) is 4.25. The highest BCUT2D eigenvalue weighted by Gasteiger charge is 2.07. The number of aryl methyl sites for hydroxylation is 1. The number of benzene rings is 1. The predicted molar refractivity (Wildman–Crippen MR) is 79.5 cm³/mol. The lowest BCUT2D eigenvalue weighted by molar-refractivity contribution is 0.251. The van der Waals surface area contributed by atoms with Crippen LogP contribution in [0.5, 0.6) is 0 Å². The molecule has 1 aromatic heterocycles. The third-order valence-corrected chi connectivity index (χ3v) is 3.65. The summed E-state index contributed by atoms with van der Waals surface area (Å²) in [6, 6.07) is 9.09. The van der Waals surface area contributed by atoms with Gasteiger partial charge in [-0.25, -0.2) is 0 Å². The number of alkyl halides is 2. The molecule has 108 valence electrons. The number of anilines is 1. The van der Waals surface area contributed by atoms with E-state index in [0.29, 0.717) is 34.8 Å². The lowest BCUT2D eigenvalue weighted by Crippen LogP contribution is -1.99. The van der Waals surface area contributed by atoms with Crippen molar-refractivity contribution in [3.63, 3.8) is 0 Å². The Balaban J connectivity index is 1.90. The van der Waals surface area contributed by atoms with Gasteiger partial charge in [-0.3, -0.25) is 0 Å². The summed E-state index contributed by atoms with van der Waals surface area (Å²) < 4.78 is 29.6. The zero-order valence-electron chi connectivity index (χ0n) is 10.8. The first-order chi connectivity index (χ1) is 9.54. The van der Waals surface area contributed by atoms with Gasteiger partial charge in [-0.1, -0.05) is 23.4 Å². The average molecular weight is 318 g/mol. The SMILES string of the molecule is Cc1cc(Cl)ccc1NCc1ccc(CSC(F)F)o1. The maximum Gasteiger partial charge on any atom is 0.284 e. The molecule has 0 fully saturated rings. The molecule has 1 N–H and O–H groups in total. The van der Waals surface area contributed by atoms with Crippen LogP contribution >= 0.6 is 23.4 Å². The fourth-order valence-electron chi connectivity index (χ4n) is 1.75. The Hall–Kier alpha value is -1.20. The van der Waals surface area contributed by atoms with E-state index in [4.69, 9.17) is 16.0 Å². The number of hydrogen-bond acceptors (Lipinski definition) is 3. The molecule has 0 saturated heterocycles. The van der Waals surface area contributed by atoms with Crippen molar-refractivity contribution in [1.29, 1.82) is 0 Å². The van der Waals surface area contributed by atoms with Crippen LogP contribution in [0.15, 0.2) is 34.7 Å². The Morgan fingerprint density at radius 1 is 1.25 bits per heavy atom. The summed E-state index contributed by atoms with van der Waals surface area (Å²) in [6.07, 6.45) is 0. The molecule has 0 aliphatic heterocycles. The minimum absolute atomic E-state index is 0.178. The molecule has 0 aliphatic rings. The van der Waals surface area contributed by atoms with Crippen molar-refractivity contribution >= 4 is 29.1 Å². The standard InChI is InChI=1S/C14H14ClF2NOS/c1-9-6-10(15)2-5-13(9)18-7-11-3-4-12(19-11)8-20-14(16)17/h2-6,14,18H,7-8H2,1H3. The highest BCUT2D eigenvalue weighted by Crippen LogP contribution is 2.23. The van der Waals surface area contributed by atoms with Gasteiger partial charge in [-0.05, 0) is 42.8 Å². The number of rotatable bonds is 6. The van der Waals surface area contributed by atoms with Crippen LogP contribution in [-0.2, 0) is 12.3 Å². The van der Waals surface area contributed by atoms with Gasteiger partial charge >= 0.3 is 0 Å². The Bertz CT molecular complexity index is 574. The van der Waals surface area contributed by atoms with E-state index in [-0.39, 0.29) is 5.75 Å². The largest absolute Gasteiger partial charge is 0.463 e. The number of furan rings is 1. The molecule has 0 saturated carbocycles. The zero-order chi connectivity index (χ0) is 14.5. The first-order valence-corrected chi connectivity index (χ1v) is 7.44. The number of thioether (sulfide) groups is 1. The highest BCUT2D eigenvalue weighted by atomic mass is 35.5. The van der Waals surface area contributed by atoms with E-state index < -0.39 is 5.76 Å². The molecule has 0 bridgehead atoms. The highest BCUT2D eigenvalue weighted by molar-refractivity contribution is 7.98. The lowest BCUT2D eigenvalue weighted by Gasteiger charge is -2.08. The van der Waals surface area contributed by atoms with E-state index in [1.165, 1.54) is 0 Å². The molecule has 0 radical (unpaired) electrons. The summed E-state index contributed by atoms with van der Waals surface area (Å²) in [7, 11) is 0. The van der Waals surface area contributed by atoms with Crippen molar-refractivity contribution in [2.75, 3.05) is 5.32 Å². The minimum atomic E-state index is -2.38. The van der Waals surface area contributed by atoms with Crippen LogP contribution in [-0.4, -0.2) is 5.76 Å². The average Bonchev–Trinajstić information content (AvgIpc) is 2.83. The molecule has 2 nitrogen and oxygen atoms in total. The predicted octanol–water partition coefficient (Wildman–Crippen LogP) is 5.31. The Labute approximate surface area is 125 Å². The monoisotopic (exact) mass is 317 g/mol. The third kappa shape index (κ3) is 4.42. The van der Waals surface area contributed by atoms with Gasteiger partial charge in [0.2, 0.25) is 0 Å². The van der Waals surface area contributed by atoms with E-state index in [1.54, 1.807) is 12.1 Å². The van der Waals surface area contributed by atoms with Crippen LogP contribution < -0.4 is 5.32 Å². The maximum atomic E-state index is 12.1. The normalized spacial score (nSPS) is 11.1. The molecule has 6 heteroatoms. The molecule has 20 heavy (non-hydrogen) atoms. The fourth-order valence-corrected chi connectivity index (χ4v) is 2.42. The van der Waals surface area contributed by atoms with Gasteiger partial charge in [-0.2, -0.15) is 8.78 Å². The summed E-state index contributed by atoms with van der Waals surface area (Å²) in [5.41, 5.74) is 2.01. The molecule has 2 aromatic rings. The summed E-state index contributed by atoms with van der Waals surface area (Å²) in [4.78, 5) is 0. The van der Waals surface area contributed by atoms with Crippen molar-refractivity contribution in [2.24, 2.45) is 0 Å². The van der Waals surface area contributed by atoms with Crippen LogP contribution in [0.2, 0.25) is 5.02 Å². The quantitative estimate of drug-likeness (QED) is 0.781. The van der Waals surface area contributed by atoms with E-state index >= 15 is 0 Å². The van der Waals surface area contributed by atoms with Crippen molar-refractivity contribution < 1.29 is 13.2 Å². The summed E-state index contributed by atoms with van der Waals surface area (Å²) >= 11 is 6.44. The van der Waals surface area contributed by atoms with Crippen molar-refractivity contribution in [1.82, 2.24) is 0 Å². The van der Waals surface area contributed by atoms with Crippen LogP contribution in [0.4, 0.5) is 14.5 Å². The van der Waals surface area contributed by atoms with Crippen molar-refractivity contribution in [3.05, 3.63) is 52.4 Å². The van der Waals surface area contributed by atoms with Crippen LogP contribution in [0.3, 0.4) is 0 Å². The molecule has 0 atom stereocenters. The molecule has 0 unspecified atom stereocenters. The second kappa shape index (κ2) is 6.99. The summed E-state index contributed by atoms with van der Waals surface area (Å²) in [5.74, 6) is -0.931. The van der Waals surface area contributed by atoms with Crippen LogP contribution in [0, 0.1) is 6.92 Å². The summed E-state index contributed by atoms with van der Waals surface area (Å²) in [6.45, 7) is 2.46. The van der Waals surface area contributed by atoms with E-state index in [9.17, 15) is 8.78 Å². The molecule has 1 heterocycles. The van der Waals surface area contributed by atoms with Gasteiger partial charge in [0.15, 0.2) is 0 Å². The first kappa shape index (κ1) is 15.2.